The molecule has 0 aromatic heterocycles. The lowest BCUT2D eigenvalue weighted by Crippen LogP contribution is -2.39. The Balaban J connectivity index is 1.68. The van der Waals surface area contributed by atoms with E-state index in [1.165, 1.54) is 31.0 Å². The summed E-state index contributed by atoms with van der Waals surface area (Å²) in [4.78, 5) is 26.2. The van der Waals surface area contributed by atoms with E-state index in [2.05, 4.69) is 5.32 Å². The number of halogens is 1. The second-order valence-corrected chi connectivity index (χ2v) is 8.05. The van der Waals surface area contributed by atoms with Crippen LogP contribution in [-0.2, 0) is 9.59 Å². The molecule has 2 amide bonds. The summed E-state index contributed by atoms with van der Waals surface area (Å²) < 4.78 is 0. The van der Waals surface area contributed by atoms with Crippen molar-refractivity contribution in [1.29, 1.82) is 0 Å². The van der Waals surface area contributed by atoms with E-state index in [0.717, 1.165) is 18.4 Å². The Bertz CT molecular complexity index is 573. The number of rotatable bonds is 7. The molecule has 0 radical (unpaired) electrons. The first-order valence-electron chi connectivity index (χ1n) is 8.85. The second-order valence-electron chi connectivity index (χ2n) is 6.63. The van der Waals surface area contributed by atoms with Crippen molar-refractivity contribution in [3.05, 3.63) is 34.9 Å². The maximum absolute atomic E-state index is 12.3. The Morgan fingerprint density at radius 2 is 1.84 bits per heavy atom. The van der Waals surface area contributed by atoms with E-state index in [1.54, 1.807) is 0 Å². The van der Waals surface area contributed by atoms with Gasteiger partial charge in [-0.15, -0.1) is 11.8 Å². The SMILES string of the molecule is CC(NC(=O)CSCC(=O)N(C)C1CCCCC1)c1ccc(Cl)cc1. The summed E-state index contributed by atoms with van der Waals surface area (Å²) in [7, 11) is 1.89. The molecule has 1 aliphatic carbocycles. The maximum Gasteiger partial charge on any atom is 0.232 e. The van der Waals surface area contributed by atoms with Crippen molar-refractivity contribution in [1.82, 2.24) is 10.2 Å². The van der Waals surface area contributed by atoms with Gasteiger partial charge in [-0.1, -0.05) is 43.0 Å². The van der Waals surface area contributed by atoms with E-state index in [4.69, 9.17) is 11.6 Å². The van der Waals surface area contributed by atoms with Gasteiger partial charge in [0.15, 0.2) is 0 Å². The molecule has 1 unspecified atom stereocenters. The molecule has 1 aliphatic rings. The molecular formula is C19H27ClN2O2S. The van der Waals surface area contributed by atoms with E-state index < -0.39 is 0 Å². The number of amides is 2. The van der Waals surface area contributed by atoms with Crippen molar-refractivity contribution in [3.8, 4) is 0 Å². The quantitative estimate of drug-likeness (QED) is 0.774. The molecule has 0 heterocycles. The van der Waals surface area contributed by atoms with Gasteiger partial charge >= 0.3 is 0 Å². The van der Waals surface area contributed by atoms with Gasteiger partial charge in [0.1, 0.15) is 0 Å². The summed E-state index contributed by atoms with van der Waals surface area (Å²) in [6.07, 6.45) is 5.90. The summed E-state index contributed by atoms with van der Waals surface area (Å²) in [5, 5.41) is 3.63. The number of hydrogen-bond donors (Lipinski definition) is 1. The predicted molar refractivity (Wildman–Crippen MR) is 105 cm³/mol. The zero-order valence-electron chi connectivity index (χ0n) is 15.0. The molecule has 1 atom stereocenters. The van der Waals surface area contributed by atoms with Gasteiger partial charge in [-0.05, 0) is 37.5 Å². The number of thioether (sulfide) groups is 1. The van der Waals surface area contributed by atoms with Crippen LogP contribution in [0.25, 0.3) is 0 Å². The highest BCUT2D eigenvalue weighted by molar-refractivity contribution is 8.00. The van der Waals surface area contributed by atoms with E-state index in [-0.39, 0.29) is 17.9 Å². The van der Waals surface area contributed by atoms with Crippen LogP contribution in [0.1, 0.15) is 50.6 Å². The van der Waals surface area contributed by atoms with Gasteiger partial charge in [-0.2, -0.15) is 0 Å². The lowest BCUT2D eigenvalue weighted by Gasteiger charge is -2.31. The third-order valence-electron chi connectivity index (χ3n) is 4.72. The van der Waals surface area contributed by atoms with Crippen LogP contribution in [0.15, 0.2) is 24.3 Å². The van der Waals surface area contributed by atoms with Crippen LogP contribution in [0.4, 0.5) is 0 Å². The van der Waals surface area contributed by atoms with E-state index >= 15 is 0 Å². The topological polar surface area (TPSA) is 49.4 Å². The zero-order chi connectivity index (χ0) is 18.2. The lowest BCUT2D eigenvalue weighted by molar-refractivity contribution is -0.129. The molecule has 0 saturated heterocycles. The van der Waals surface area contributed by atoms with Crippen LogP contribution >= 0.6 is 23.4 Å². The number of carbonyl (C=O) groups excluding carboxylic acids is 2. The fourth-order valence-corrected chi connectivity index (χ4v) is 4.00. The number of nitrogens with zero attached hydrogens (tertiary/aromatic N) is 1. The molecule has 0 spiro atoms. The summed E-state index contributed by atoms with van der Waals surface area (Å²) in [6, 6.07) is 7.74. The molecule has 0 bridgehead atoms. The largest absolute Gasteiger partial charge is 0.349 e. The molecule has 1 aromatic rings. The second kappa shape index (κ2) is 10.1. The fourth-order valence-electron chi connectivity index (χ4n) is 3.12. The molecule has 6 heteroatoms. The minimum absolute atomic E-state index is 0.0550. The Kier molecular flexibility index (Phi) is 8.10. The Morgan fingerprint density at radius 3 is 2.48 bits per heavy atom. The van der Waals surface area contributed by atoms with Crippen LogP contribution in [0.5, 0.6) is 0 Å². The van der Waals surface area contributed by atoms with Crippen LogP contribution in [0.2, 0.25) is 5.02 Å². The molecule has 0 aliphatic heterocycles. The third kappa shape index (κ3) is 6.55. The van der Waals surface area contributed by atoms with Gasteiger partial charge in [0, 0.05) is 18.1 Å². The minimum atomic E-state index is -0.0778. The fraction of sp³-hybridized carbons (Fsp3) is 0.579. The molecular weight excluding hydrogens is 356 g/mol. The molecule has 138 valence electrons. The van der Waals surface area contributed by atoms with Gasteiger partial charge in [0.2, 0.25) is 11.8 Å². The van der Waals surface area contributed by atoms with Crippen LogP contribution in [-0.4, -0.2) is 41.3 Å². The van der Waals surface area contributed by atoms with Crippen LogP contribution in [0, 0.1) is 0 Å². The van der Waals surface area contributed by atoms with Crippen molar-refractivity contribution in [2.75, 3.05) is 18.6 Å². The summed E-state index contributed by atoms with van der Waals surface area (Å²) >= 11 is 7.25. The average Bonchev–Trinajstić information content (AvgIpc) is 2.62. The minimum Gasteiger partial charge on any atom is -0.349 e. The molecule has 1 saturated carbocycles. The van der Waals surface area contributed by atoms with E-state index in [1.807, 2.05) is 43.1 Å². The van der Waals surface area contributed by atoms with Crippen molar-refractivity contribution in [2.45, 2.75) is 51.1 Å². The van der Waals surface area contributed by atoms with Gasteiger partial charge < -0.3 is 10.2 Å². The first kappa shape index (κ1) is 20.1. The standard InChI is InChI=1S/C19H27ClN2O2S/c1-14(15-8-10-16(20)11-9-15)21-18(23)12-25-13-19(24)22(2)17-6-4-3-5-7-17/h8-11,14,17H,3-7,12-13H2,1-2H3,(H,21,23). The van der Waals surface area contributed by atoms with Gasteiger partial charge in [0.05, 0.1) is 17.5 Å². The normalized spacial score (nSPS) is 16.3. The number of benzene rings is 1. The summed E-state index contributed by atoms with van der Waals surface area (Å²) in [5.74, 6) is 0.716. The van der Waals surface area contributed by atoms with Crippen molar-refractivity contribution < 1.29 is 9.59 Å². The summed E-state index contributed by atoms with van der Waals surface area (Å²) in [5.41, 5.74) is 1.01. The molecule has 1 aromatic carbocycles. The Morgan fingerprint density at radius 1 is 1.20 bits per heavy atom. The monoisotopic (exact) mass is 382 g/mol. The molecule has 25 heavy (non-hydrogen) atoms. The van der Waals surface area contributed by atoms with Crippen LogP contribution < -0.4 is 5.32 Å². The van der Waals surface area contributed by atoms with Crippen molar-refractivity contribution >= 4 is 35.2 Å². The molecule has 4 nitrogen and oxygen atoms in total. The van der Waals surface area contributed by atoms with E-state index in [0.29, 0.717) is 22.6 Å². The van der Waals surface area contributed by atoms with Gasteiger partial charge in [-0.3, -0.25) is 9.59 Å². The smallest absolute Gasteiger partial charge is 0.232 e. The first-order valence-corrected chi connectivity index (χ1v) is 10.4. The summed E-state index contributed by atoms with van der Waals surface area (Å²) in [6.45, 7) is 1.94. The van der Waals surface area contributed by atoms with Crippen LogP contribution in [0.3, 0.4) is 0 Å². The average molecular weight is 383 g/mol. The lowest BCUT2D eigenvalue weighted by atomic mass is 9.94. The Labute approximate surface area is 159 Å². The maximum atomic E-state index is 12.3. The predicted octanol–water partition coefficient (Wildman–Crippen LogP) is 4.04. The molecule has 1 fully saturated rings. The first-order chi connectivity index (χ1) is 12.0. The highest BCUT2D eigenvalue weighted by Crippen LogP contribution is 2.22. The number of nitrogens with one attached hydrogen (secondary N) is 1. The molecule has 1 N–H and O–H groups in total. The van der Waals surface area contributed by atoms with Gasteiger partial charge in [-0.25, -0.2) is 0 Å². The van der Waals surface area contributed by atoms with Crippen molar-refractivity contribution in [3.63, 3.8) is 0 Å². The third-order valence-corrected chi connectivity index (χ3v) is 5.89. The van der Waals surface area contributed by atoms with Crippen molar-refractivity contribution in [2.24, 2.45) is 0 Å². The number of hydrogen-bond acceptors (Lipinski definition) is 3. The number of carbonyl (C=O) groups is 2. The van der Waals surface area contributed by atoms with Gasteiger partial charge in [0.25, 0.3) is 0 Å². The highest BCUT2D eigenvalue weighted by atomic mass is 35.5. The highest BCUT2D eigenvalue weighted by Gasteiger charge is 2.22. The van der Waals surface area contributed by atoms with E-state index in [9.17, 15) is 9.59 Å². The zero-order valence-corrected chi connectivity index (χ0v) is 16.5. The molecule has 2 rings (SSSR count). The Hall–Kier alpha value is -1.20.